The first-order valence-electron chi connectivity index (χ1n) is 8.92. The van der Waals surface area contributed by atoms with Gasteiger partial charge in [0.2, 0.25) is 0 Å². The summed E-state index contributed by atoms with van der Waals surface area (Å²) in [4.78, 5) is 8.93. The molecule has 0 aliphatic heterocycles. The van der Waals surface area contributed by atoms with E-state index in [9.17, 15) is 21.0 Å². The minimum absolute atomic E-state index is 0.0311. The molecule has 0 atom stereocenters. The maximum absolute atomic E-state index is 9.95. The Morgan fingerprint density at radius 1 is 0.567 bits per heavy atom. The van der Waals surface area contributed by atoms with Crippen molar-refractivity contribution in [3.8, 4) is 24.3 Å². The van der Waals surface area contributed by atoms with Crippen LogP contribution in [0.3, 0.4) is 0 Å². The van der Waals surface area contributed by atoms with Gasteiger partial charge in [-0.1, -0.05) is 24.3 Å². The van der Waals surface area contributed by atoms with E-state index in [0.29, 0.717) is 27.2 Å². The maximum atomic E-state index is 9.95. The van der Waals surface area contributed by atoms with E-state index >= 15 is 0 Å². The second-order valence-electron chi connectivity index (χ2n) is 6.70. The normalized spacial score (nSPS) is 10.5. The van der Waals surface area contributed by atoms with Crippen LogP contribution in [-0.4, -0.2) is 9.97 Å². The number of nitriles is 4. The predicted octanol–water partition coefficient (Wildman–Crippen LogP) is 4.58. The van der Waals surface area contributed by atoms with Crippen molar-refractivity contribution in [2.75, 3.05) is 0 Å². The molecule has 0 fully saturated rings. The quantitative estimate of drug-likeness (QED) is 0.286. The first-order valence-corrected chi connectivity index (χ1v) is 8.92. The van der Waals surface area contributed by atoms with Gasteiger partial charge in [-0.05, 0) is 28.3 Å². The fraction of sp³-hybridized carbons (Fsp3) is 0. The summed E-state index contributed by atoms with van der Waals surface area (Å²) in [5.74, 6) is 0. The third kappa shape index (κ3) is 2.08. The fourth-order valence-electron chi connectivity index (χ4n) is 4.06. The molecule has 0 saturated carbocycles. The van der Waals surface area contributed by atoms with Gasteiger partial charge in [0.1, 0.15) is 24.3 Å². The van der Waals surface area contributed by atoms with Crippen LogP contribution < -0.4 is 0 Å². The molecule has 5 aromatic rings. The van der Waals surface area contributed by atoms with Gasteiger partial charge >= 0.3 is 0 Å². The molecule has 6 nitrogen and oxygen atoms in total. The van der Waals surface area contributed by atoms with Gasteiger partial charge < -0.3 is 0 Å². The zero-order valence-electron chi connectivity index (χ0n) is 15.3. The van der Waals surface area contributed by atoms with Gasteiger partial charge in [0.25, 0.3) is 0 Å². The summed E-state index contributed by atoms with van der Waals surface area (Å²) in [7, 11) is 0. The maximum Gasteiger partial charge on any atom is 0.102 e. The molecule has 4 aromatic carbocycles. The lowest BCUT2D eigenvalue weighted by atomic mass is 9.86. The number of rotatable bonds is 0. The van der Waals surface area contributed by atoms with Crippen molar-refractivity contribution in [2.24, 2.45) is 0 Å². The SMILES string of the molecule is N#Cc1c(C#N)c(C#N)c2c3nccnc3c3cc4ccccc4cc3c2c1C#N. The summed E-state index contributed by atoms with van der Waals surface area (Å²) in [5, 5.41) is 43.4. The van der Waals surface area contributed by atoms with Gasteiger partial charge in [-0.3, -0.25) is 9.97 Å². The van der Waals surface area contributed by atoms with Crippen molar-refractivity contribution < 1.29 is 0 Å². The summed E-state index contributed by atoms with van der Waals surface area (Å²) < 4.78 is 0. The van der Waals surface area contributed by atoms with Gasteiger partial charge in [0, 0.05) is 28.6 Å². The molecule has 134 valence electrons. The van der Waals surface area contributed by atoms with Crippen LogP contribution in [0.15, 0.2) is 48.8 Å². The molecule has 1 heterocycles. The molecule has 0 spiro atoms. The third-order valence-corrected chi connectivity index (χ3v) is 5.29. The summed E-state index contributed by atoms with van der Waals surface area (Å²) in [6.07, 6.45) is 3.07. The van der Waals surface area contributed by atoms with Crippen LogP contribution in [-0.2, 0) is 0 Å². The second kappa shape index (κ2) is 6.25. The molecule has 0 aliphatic carbocycles. The lowest BCUT2D eigenvalue weighted by Gasteiger charge is -2.14. The van der Waals surface area contributed by atoms with Crippen LogP contribution in [0.25, 0.3) is 43.4 Å². The van der Waals surface area contributed by atoms with Gasteiger partial charge in [-0.25, -0.2) is 0 Å². The number of aromatic nitrogens is 2. The van der Waals surface area contributed by atoms with Crippen LogP contribution in [0, 0.1) is 45.3 Å². The van der Waals surface area contributed by atoms with E-state index in [4.69, 9.17) is 0 Å². The van der Waals surface area contributed by atoms with Gasteiger partial charge in [0.05, 0.1) is 33.3 Å². The molecule has 0 aliphatic rings. The number of benzene rings is 4. The predicted molar refractivity (Wildman–Crippen MR) is 111 cm³/mol. The van der Waals surface area contributed by atoms with Crippen molar-refractivity contribution in [2.45, 2.75) is 0 Å². The van der Waals surface area contributed by atoms with Crippen LogP contribution >= 0.6 is 0 Å². The van der Waals surface area contributed by atoms with Crippen molar-refractivity contribution in [3.05, 3.63) is 71.0 Å². The Morgan fingerprint density at radius 3 is 1.63 bits per heavy atom. The van der Waals surface area contributed by atoms with Crippen LogP contribution in [0.1, 0.15) is 22.3 Å². The van der Waals surface area contributed by atoms with E-state index in [1.807, 2.05) is 48.5 Å². The Balaban J connectivity index is 2.27. The highest BCUT2D eigenvalue weighted by Gasteiger charge is 2.24. The molecule has 0 bridgehead atoms. The third-order valence-electron chi connectivity index (χ3n) is 5.29. The highest BCUT2D eigenvalue weighted by molar-refractivity contribution is 6.28. The van der Waals surface area contributed by atoms with E-state index in [1.54, 1.807) is 6.20 Å². The zero-order valence-corrected chi connectivity index (χ0v) is 15.3. The Hall–Kier alpha value is -5.04. The van der Waals surface area contributed by atoms with Gasteiger partial charge in [-0.15, -0.1) is 0 Å². The Labute approximate surface area is 170 Å². The summed E-state index contributed by atoms with van der Waals surface area (Å²) in [6, 6.07) is 19.7. The van der Waals surface area contributed by atoms with Gasteiger partial charge in [-0.2, -0.15) is 21.0 Å². The first kappa shape index (κ1) is 17.1. The number of hydrogen-bond donors (Lipinski definition) is 0. The highest BCUT2D eigenvalue weighted by Crippen LogP contribution is 2.40. The molecule has 0 N–H and O–H groups in total. The average molecular weight is 380 g/mol. The number of hydrogen-bond acceptors (Lipinski definition) is 6. The molecular weight excluding hydrogens is 372 g/mol. The monoisotopic (exact) mass is 380 g/mol. The minimum Gasteiger partial charge on any atom is -0.252 e. The first-order chi connectivity index (χ1) is 14.7. The standard InChI is InChI=1S/C24H8N6/c25-9-17-18(10-26)20(12-28)22-21(19(17)11-27)15-7-13-3-1-2-4-14(13)8-16(15)23-24(22)30-6-5-29-23/h1-8H. The number of fused-ring (bicyclic) bond motifs is 7. The molecule has 0 saturated heterocycles. The van der Waals surface area contributed by atoms with Crippen molar-refractivity contribution in [1.82, 2.24) is 9.97 Å². The molecule has 5 rings (SSSR count). The lowest BCUT2D eigenvalue weighted by Crippen LogP contribution is -2.00. The van der Waals surface area contributed by atoms with E-state index in [-0.39, 0.29) is 22.3 Å². The van der Waals surface area contributed by atoms with Crippen LogP contribution in [0.5, 0.6) is 0 Å². The largest absolute Gasteiger partial charge is 0.252 e. The Morgan fingerprint density at radius 2 is 1.07 bits per heavy atom. The topological polar surface area (TPSA) is 121 Å². The highest BCUT2D eigenvalue weighted by atomic mass is 14.8. The summed E-state index contributed by atoms with van der Waals surface area (Å²) in [5.41, 5.74) is 0.876. The van der Waals surface area contributed by atoms with Crippen molar-refractivity contribution in [3.63, 3.8) is 0 Å². The molecule has 1 aromatic heterocycles. The smallest absolute Gasteiger partial charge is 0.102 e. The molecule has 6 heteroatoms. The van der Waals surface area contributed by atoms with Crippen LogP contribution in [0.2, 0.25) is 0 Å². The molecular formula is C24H8N6. The molecule has 0 radical (unpaired) electrons. The molecule has 30 heavy (non-hydrogen) atoms. The van der Waals surface area contributed by atoms with E-state index < -0.39 is 0 Å². The minimum atomic E-state index is -0.115. The lowest BCUT2D eigenvalue weighted by molar-refractivity contribution is 1.31. The van der Waals surface area contributed by atoms with Crippen molar-refractivity contribution in [1.29, 1.82) is 21.0 Å². The van der Waals surface area contributed by atoms with E-state index in [0.717, 1.165) is 16.2 Å². The van der Waals surface area contributed by atoms with Gasteiger partial charge in [0.15, 0.2) is 0 Å². The fourth-order valence-corrected chi connectivity index (χ4v) is 4.06. The van der Waals surface area contributed by atoms with E-state index in [1.165, 1.54) is 6.20 Å². The Kier molecular flexibility index (Phi) is 3.56. The summed E-state index contributed by atoms with van der Waals surface area (Å²) in [6.45, 7) is 0. The zero-order chi connectivity index (χ0) is 20.8. The molecule has 0 unspecified atom stereocenters. The van der Waals surface area contributed by atoms with Crippen LogP contribution in [0.4, 0.5) is 0 Å². The average Bonchev–Trinajstić information content (AvgIpc) is 2.81. The second-order valence-corrected chi connectivity index (χ2v) is 6.70. The van der Waals surface area contributed by atoms with E-state index in [2.05, 4.69) is 22.1 Å². The summed E-state index contributed by atoms with van der Waals surface area (Å²) >= 11 is 0. The Bertz CT molecular complexity index is 1740. The molecule has 0 amide bonds. The van der Waals surface area contributed by atoms with Crippen molar-refractivity contribution >= 4 is 43.4 Å². The number of nitrogens with zero attached hydrogens (tertiary/aromatic N) is 6.